The molecule has 1 aliphatic carbocycles. The molecule has 5 heteroatoms. The topological polar surface area (TPSA) is 42.0 Å². The van der Waals surface area contributed by atoms with Crippen LogP contribution in [0.25, 0.3) is 11.3 Å². The van der Waals surface area contributed by atoms with Gasteiger partial charge in [0.15, 0.2) is 0 Å². The average molecular weight is 391 g/mol. The predicted octanol–water partition coefficient (Wildman–Crippen LogP) is 4.94. The third kappa shape index (κ3) is 3.49. The Kier molecular flexibility index (Phi) is 4.62. The van der Waals surface area contributed by atoms with Gasteiger partial charge in [-0.3, -0.25) is 9.78 Å². The van der Waals surface area contributed by atoms with Gasteiger partial charge in [0, 0.05) is 28.5 Å². The third-order valence-electron chi connectivity index (χ3n) is 4.92. The first-order chi connectivity index (χ1) is 13.5. The quantitative estimate of drug-likeness (QED) is 0.641. The van der Waals surface area contributed by atoms with Gasteiger partial charge in [0.2, 0.25) is 0 Å². The van der Waals surface area contributed by atoms with Crippen molar-refractivity contribution < 1.29 is 9.18 Å². The fourth-order valence-electron chi connectivity index (χ4n) is 3.20. The molecule has 0 saturated heterocycles. The number of nitrogens with one attached hydrogen (secondary N) is 1. The van der Waals surface area contributed by atoms with Gasteiger partial charge >= 0.3 is 0 Å². The molecule has 1 heterocycles. The molecule has 1 saturated carbocycles. The summed E-state index contributed by atoms with van der Waals surface area (Å²) in [6.45, 7) is 0. The molecule has 2 aromatic carbocycles. The van der Waals surface area contributed by atoms with Gasteiger partial charge in [-0.2, -0.15) is 0 Å². The number of halogens is 2. The van der Waals surface area contributed by atoms with E-state index in [4.69, 9.17) is 18.0 Å². The molecule has 0 atom stereocenters. The highest BCUT2D eigenvalue weighted by Crippen LogP contribution is 2.47. The number of hydrogen-bond donors (Lipinski definition) is 1. The maximum atomic E-state index is 14.9. The van der Waals surface area contributed by atoms with Gasteiger partial charge in [-0.25, -0.2) is 4.39 Å². The Labute approximate surface area is 167 Å². The number of carbonyl (C=O) groups excluding carboxylic acids is 1. The predicted molar refractivity (Wildman–Crippen MR) is 107 cm³/mol. The molecule has 138 valence electrons. The monoisotopic (exact) mass is 390 g/mol. The zero-order valence-corrected chi connectivity index (χ0v) is 15.6. The van der Waals surface area contributed by atoms with Crippen molar-refractivity contribution in [2.45, 2.75) is 18.4 Å². The lowest BCUT2D eigenvalue weighted by molar-refractivity contribution is 0.0930. The van der Waals surface area contributed by atoms with Crippen molar-refractivity contribution in [3.8, 4) is 23.6 Å². The Hall–Kier alpha value is -3.16. The summed E-state index contributed by atoms with van der Waals surface area (Å²) in [7, 11) is 0. The molecule has 3 aromatic rings. The summed E-state index contributed by atoms with van der Waals surface area (Å²) >= 11 is 5.85. The number of benzene rings is 2. The Morgan fingerprint density at radius 3 is 2.46 bits per heavy atom. The molecule has 0 spiro atoms. The number of terminal acetylenes is 1. The largest absolute Gasteiger partial charge is 0.342 e. The van der Waals surface area contributed by atoms with E-state index in [1.54, 1.807) is 42.5 Å². The number of carbonyl (C=O) groups is 1. The molecule has 1 aromatic heterocycles. The number of pyridine rings is 1. The van der Waals surface area contributed by atoms with E-state index >= 15 is 0 Å². The van der Waals surface area contributed by atoms with Crippen LogP contribution in [0.15, 0.2) is 60.8 Å². The van der Waals surface area contributed by atoms with Crippen LogP contribution in [-0.2, 0) is 5.54 Å². The number of hydrogen-bond acceptors (Lipinski definition) is 2. The van der Waals surface area contributed by atoms with E-state index < -0.39 is 5.54 Å². The Morgan fingerprint density at radius 2 is 1.89 bits per heavy atom. The summed E-state index contributed by atoms with van der Waals surface area (Å²) in [6.07, 6.45) is 8.25. The van der Waals surface area contributed by atoms with E-state index in [2.05, 4.69) is 16.2 Å². The lowest BCUT2D eigenvalue weighted by atomic mass is 10.00. The lowest BCUT2D eigenvalue weighted by Gasteiger charge is -2.19. The minimum Gasteiger partial charge on any atom is -0.342 e. The molecule has 1 amide bonds. The van der Waals surface area contributed by atoms with Crippen LogP contribution in [0.5, 0.6) is 0 Å². The molecule has 1 aliphatic rings. The van der Waals surface area contributed by atoms with Crippen molar-refractivity contribution in [3.63, 3.8) is 0 Å². The zero-order chi connectivity index (χ0) is 19.7. The first kappa shape index (κ1) is 18.2. The molecule has 3 nitrogen and oxygen atoms in total. The van der Waals surface area contributed by atoms with Crippen molar-refractivity contribution in [1.82, 2.24) is 10.3 Å². The smallest absolute Gasteiger partial charge is 0.251 e. The minimum atomic E-state index is -0.669. The van der Waals surface area contributed by atoms with Crippen LogP contribution >= 0.6 is 11.6 Å². The highest BCUT2D eigenvalue weighted by atomic mass is 35.5. The van der Waals surface area contributed by atoms with Crippen molar-refractivity contribution >= 4 is 17.5 Å². The van der Waals surface area contributed by atoms with Crippen molar-refractivity contribution in [1.29, 1.82) is 0 Å². The molecule has 4 rings (SSSR count). The minimum absolute atomic E-state index is 0.246. The number of aromatic nitrogens is 1. The lowest BCUT2D eigenvalue weighted by Crippen LogP contribution is -2.35. The van der Waals surface area contributed by atoms with Gasteiger partial charge < -0.3 is 5.32 Å². The second kappa shape index (κ2) is 7.10. The van der Waals surface area contributed by atoms with Gasteiger partial charge in [-0.05, 0) is 55.3 Å². The molecule has 0 radical (unpaired) electrons. The first-order valence-corrected chi connectivity index (χ1v) is 9.20. The Balaban J connectivity index is 1.57. The molecule has 0 aliphatic heterocycles. The van der Waals surface area contributed by atoms with Crippen LogP contribution < -0.4 is 5.32 Å². The third-order valence-corrected chi connectivity index (χ3v) is 5.15. The van der Waals surface area contributed by atoms with Crippen LogP contribution in [0.2, 0.25) is 5.02 Å². The van der Waals surface area contributed by atoms with Crippen molar-refractivity contribution in [2.24, 2.45) is 0 Å². The molecule has 28 heavy (non-hydrogen) atoms. The maximum Gasteiger partial charge on any atom is 0.251 e. The van der Waals surface area contributed by atoms with E-state index in [1.165, 1.54) is 12.3 Å². The van der Waals surface area contributed by atoms with Gasteiger partial charge in [0.05, 0.1) is 16.3 Å². The van der Waals surface area contributed by atoms with E-state index in [0.717, 1.165) is 0 Å². The summed E-state index contributed by atoms with van der Waals surface area (Å²) in [5.41, 5.74) is 2.31. The van der Waals surface area contributed by atoms with Crippen LogP contribution in [0, 0.1) is 18.2 Å². The molecular formula is C23H16ClFN2O. The van der Waals surface area contributed by atoms with Gasteiger partial charge in [-0.1, -0.05) is 29.7 Å². The van der Waals surface area contributed by atoms with Gasteiger partial charge in [-0.15, -0.1) is 6.42 Å². The number of amides is 1. The van der Waals surface area contributed by atoms with E-state index in [9.17, 15) is 9.18 Å². The Bertz CT molecular complexity index is 1080. The summed E-state index contributed by atoms with van der Waals surface area (Å²) in [6, 6.07) is 15.2. The normalized spacial score (nSPS) is 14.2. The highest BCUT2D eigenvalue weighted by molar-refractivity contribution is 6.30. The highest BCUT2D eigenvalue weighted by Gasteiger charge is 2.47. The SMILES string of the molecule is C#Cc1ccc(C(=O)NC2(c3ccc(-c4ccc(Cl)cn4)cc3F)CC2)cc1. The standard InChI is InChI=1S/C23H16ClFN2O/c1-2-15-3-5-16(6-4-15)22(28)27-23(11-12-23)19-9-7-17(13-20(19)25)21-10-8-18(24)14-26-21/h1,3-10,13-14H,11-12H2,(H,27,28). The second-order valence-corrected chi connectivity index (χ2v) is 7.25. The number of rotatable bonds is 4. The van der Waals surface area contributed by atoms with Crippen LogP contribution in [0.1, 0.15) is 34.3 Å². The summed E-state index contributed by atoms with van der Waals surface area (Å²) < 4.78 is 14.9. The molecule has 0 unspecified atom stereocenters. The van der Waals surface area contributed by atoms with Crippen LogP contribution in [-0.4, -0.2) is 10.9 Å². The van der Waals surface area contributed by atoms with Crippen molar-refractivity contribution in [3.05, 3.63) is 88.3 Å². The van der Waals surface area contributed by atoms with Crippen LogP contribution in [0.4, 0.5) is 4.39 Å². The van der Waals surface area contributed by atoms with Crippen LogP contribution in [0.3, 0.4) is 0 Å². The van der Waals surface area contributed by atoms with E-state index in [-0.39, 0.29) is 11.7 Å². The summed E-state index contributed by atoms with van der Waals surface area (Å²) in [5.74, 6) is 1.90. The summed E-state index contributed by atoms with van der Waals surface area (Å²) in [5, 5.41) is 3.51. The van der Waals surface area contributed by atoms with Crippen molar-refractivity contribution in [2.75, 3.05) is 0 Å². The molecule has 1 N–H and O–H groups in total. The number of nitrogens with zero attached hydrogens (tertiary/aromatic N) is 1. The summed E-state index contributed by atoms with van der Waals surface area (Å²) in [4.78, 5) is 16.8. The van der Waals surface area contributed by atoms with E-state index in [0.29, 0.717) is 45.8 Å². The maximum absolute atomic E-state index is 14.9. The fourth-order valence-corrected chi connectivity index (χ4v) is 3.31. The Morgan fingerprint density at radius 1 is 1.14 bits per heavy atom. The van der Waals surface area contributed by atoms with Gasteiger partial charge in [0.25, 0.3) is 5.91 Å². The fraction of sp³-hybridized carbons (Fsp3) is 0.130. The zero-order valence-electron chi connectivity index (χ0n) is 14.9. The molecular weight excluding hydrogens is 375 g/mol. The van der Waals surface area contributed by atoms with Gasteiger partial charge in [0.1, 0.15) is 5.82 Å². The second-order valence-electron chi connectivity index (χ2n) is 6.81. The average Bonchev–Trinajstić information content (AvgIpc) is 3.48. The molecule has 1 fully saturated rings. The first-order valence-electron chi connectivity index (χ1n) is 8.82. The molecule has 0 bridgehead atoms. The van der Waals surface area contributed by atoms with E-state index in [1.807, 2.05) is 6.07 Å².